The topological polar surface area (TPSA) is 88.3 Å². The van der Waals surface area contributed by atoms with Crippen molar-refractivity contribution in [1.29, 1.82) is 0 Å². The van der Waals surface area contributed by atoms with E-state index in [4.69, 9.17) is 0 Å². The number of aromatic nitrogens is 4. The molecule has 2 aliphatic rings. The lowest BCUT2D eigenvalue weighted by molar-refractivity contribution is -0.137. The van der Waals surface area contributed by atoms with Crippen molar-refractivity contribution in [2.24, 2.45) is 7.05 Å². The number of amides is 1. The standard InChI is InChI=1S/C29H28F3N7O2/c1-18(40)37-9-11-38(12-10-37)25-4-3-22(15-23(25)29(30,31)32)39-26(17-36(2)28(39)41)24-14-19(5-7-33-24)21-13-20-6-8-34-27(20)35-16-21/h3-5,7,13-17H,6,8-12H2,1-2H3,(H,34,35). The number of anilines is 2. The largest absolute Gasteiger partial charge is 0.418 e. The zero-order chi connectivity index (χ0) is 28.9. The molecule has 2 aliphatic heterocycles. The molecular weight excluding hydrogens is 535 g/mol. The molecule has 4 aromatic rings. The Morgan fingerprint density at radius 1 is 1.00 bits per heavy atom. The number of alkyl halides is 3. The Kier molecular flexibility index (Phi) is 6.55. The minimum Gasteiger partial charge on any atom is -0.370 e. The Bertz CT molecular complexity index is 1700. The number of hydrogen-bond donors (Lipinski definition) is 1. The quantitative estimate of drug-likeness (QED) is 0.405. The highest BCUT2D eigenvalue weighted by Crippen LogP contribution is 2.39. The van der Waals surface area contributed by atoms with Gasteiger partial charge in [-0.15, -0.1) is 0 Å². The van der Waals surface area contributed by atoms with Gasteiger partial charge >= 0.3 is 11.9 Å². The van der Waals surface area contributed by atoms with Gasteiger partial charge in [0.2, 0.25) is 5.91 Å². The first-order valence-corrected chi connectivity index (χ1v) is 13.3. The normalized spacial score (nSPS) is 15.1. The zero-order valence-corrected chi connectivity index (χ0v) is 22.6. The van der Waals surface area contributed by atoms with Crippen LogP contribution in [0.2, 0.25) is 0 Å². The van der Waals surface area contributed by atoms with Gasteiger partial charge in [0.25, 0.3) is 0 Å². The maximum absolute atomic E-state index is 14.4. The number of carbonyl (C=O) groups is 1. The van der Waals surface area contributed by atoms with Crippen LogP contribution in [0, 0.1) is 0 Å². The second kappa shape index (κ2) is 10.1. The van der Waals surface area contributed by atoms with Gasteiger partial charge in [-0.05, 0) is 53.9 Å². The fraction of sp³-hybridized carbons (Fsp3) is 0.310. The van der Waals surface area contributed by atoms with Crippen molar-refractivity contribution >= 4 is 17.4 Å². The van der Waals surface area contributed by atoms with Crippen LogP contribution in [0.4, 0.5) is 24.7 Å². The molecule has 12 heteroatoms. The maximum atomic E-state index is 14.4. The predicted octanol–water partition coefficient (Wildman–Crippen LogP) is 3.96. The average Bonchev–Trinajstić information content (AvgIpc) is 3.56. The van der Waals surface area contributed by atoms with Crippen LogP contribution in [0.15, 0.2) is 59.8 Å². The van der Waals surface area contributed by atoms with E-state index >= 15 is 0 Å². The highest BCUT2D eigenvalue weighted by molar-refractivity contribution is 5.74. The summed E-state index contributed by atoms with van der Waals surface area (Å²) in [4.78, 5) is 37.1. The number of nitrogens with zero attached hydrogens (tertiary/aromatic N) is 6. The van der Waals surface area contributed by atoms with Crippen molar-refractivity contribution < 1.29 is 18.0 Å². The number of carbonyl (C=O) groups excluding carboxylic acids is 1. The molecule has 0 aliphatic carbocycles. The molecule has 0 atom stereocenters. The number of nitrogens with one attached hydrogen (secondary N) is 1. The Morgan fingerprint density at radius 2 is 1.78 bits per heavy atom. The summed E-state index contributed by atoms with van der Waals surface area (Å²) in [5.41, 5.74) is 2.41. The van der Waals surface area contributed by atoms with Crippen molar-refractivity contribution in [2.75, 3.05) is 42.9 Å². The van der Waals surface area contributed by atoms with E-state index in [-0.39, 0.29) is 30.4 Å². The molecule has 0 unspecified atom stereocenters. The zero-order valence-electron chi connectivity index (χ0n) is 22.6. The summed E-state index contributed by atoms with van der Waals surface area (Å²) in [6, 6.07) is 9.64. The number of fused-ring (bicyclic) bond motifs is 1. The molecule has 0 bridgehead atoms. The first kappa shape index (κ1) is 26.6. The molecule has 0 saturated carbocycles. The Hall–Kier alpha value is -4.61. The number of rotatable bonds is 4. The van der Waals surface area contributed by atoms with Gasteiger partial charge in [-0.3, -0.25) is 14.3 Å². The van der Waals surface area contributed by atoms with Gasteiger partial charge in [0.15, 0.2) is 0 Å². The lowest BCUT2D eigenvalue weighted by Gasteiger charge is -2.36. The van der Waals surface area contributed by atoms with Crippen LogP contribution in [0.5, 0.6) is 0 Å². The number of halogens is 3. The van der Waals surface area contributed by atoms with Crippen LogP contribution >= 0.6 is 0 Å². The highest BCUT2D eigenvalue weighted by atomic mass is 19.4. The highest BCUT2D eigenvalue weighted by Gasteiger charge is 2.36. The van der Waals surface area contributed by atoms with Gasteiger partial charge < -0.3 is 19.7 Å². The van der Waals surface area contributed by atoms with Crippen molar-refractivity contribution in [2.45, 2.75) is 19.5 Å². The van der Waals surface area contributed by atoms with Gasteiger partial charge in [0.1, 0.15) is 5.82 Å². The minimum atomic E-state index is -4.66. The molecule has 212 valence electrons. The van der Waals surface area contributed by atoms with Crippen LogP contribution in [-0.4, -0.2) is 62.6 Å². The van der Waals surface area contributed by atoms with E-state index < -0.39 is 17.4 Å². The van der Waals surface area contributed by atoms with Crippen molar-refractivity contribution in [1.82, 2.24) is 24.0 Å². The minimum absolute atomic E-state index is 0.0219. The SMILES string of the molecule is CC(=O)N1CCN(c2ccc(-n3c(-c4cc(-c5cnc6c(c5)CCN6)ccn4)cn(C)c3=O)cc2C(F)(F)F)CC1. The molecule has 0 radical (unpaired) electrons. The Morgan fingerprint density at radius 3 is 2.51 bits per heavy atom. The van der Waals surface area contributed by atoms with Gasteiger partial charge in [-0.2, -0.15) is 13.2 Å². The van der Waals surface area contributed by atoms with E-state index in [2.05, 4.69) is 21.4 Å². The third kappa shape index (κ3) is 4.94. The van der Waals surface area contributed by atoms with Crippen molar-refractivity contribution in [3.05, 3.63) is 76.6 Å². The Balaban J connectivity index is 1.40. The number of piperazine rings is 1. The van der Waals surface area contributed by atoms with Crippen LogP contribution < -0.4 is 15.9 Å². The van der Waals surface area contributed by atoms with E-state index in [0.29, 0.717) is 24.5 Å². The van der Waals surface area contributed by atoms with Gasteiger partial charge in [0.05, 0.1) is 22.6 Å². The lowest BCUT2D eigenvalue weighted by atomic mass is 10.0. The van der Waals surface area contributed by atoms with Gasteiger partial charge in [0, 0.05) is 76.5 Å². The number of benzene rings is 1. The van der Waals surface area contributed by atoms with E-state index in [0.717, 1.165) is 41.5 Å². The van der Waals surface area contributed by atoms with E-state index in [1.54, 1.807) is 35.4 Å². The van der Waals surface area contributed by atoms with Crippen LogP contribution in [0.25, 0.3) is 28.2 Å². The number of pyridine rings is 2. The molecule has 1 aromatic carbocycles. The van der Waals surface area contributed by atoms with Crippen molar-refractivity contribution in [3.63, 3.8) is 0 Å². The average molecular weight is 564 g/mol. The summed E-state index contributed by atoms with van der Waals surface area (Å²) in [6.07, 6.45) is 1.16. The molecule has 9 nitrogen and oxygen atoms in total. The monoisotopic (exact) mass is 563 g/mol. The molecular formula is C29H28F3N7O2. The summed E-state index contributed by atoms with van der Waals surface area (Å²) < 4.78 is 45.7. The second-order valence-electron chi connectivity index (χ2n) is 10.3. The first-order chi connectivity index (χ1) is 19.6. The van der Waals surface area contributed by atoms with E-state index in [9.17, 15) is 22.8 Å². The van der Waals surface area contributed by atoms with Crippen molar-refractivity contribution in [3.8, 4) is 28.2 Å². The molecule has 1 saturated heterocycles. The smallest absolute Gasteiger partial charge is 0.370 e. The molecule has 0 spiro atoms. The molecule has 3 aromatic heterocycles. The summed E-state index contributed by atoms with van der Waals surface area (Å²) in [5, 5.41) is 3.23. The number of imidazole rings is 1. The molecule has 6 rings (SSSR count). The second-order valence-corrected chi connectivity index (χ2v) is 10.3. The number of aryl methyl sites for hydroxylation is 1. The molecule has 41 heavy (non-hydrogen) atoms. The van der Waals surface area contributed by atoms with Crippen LogP contribution in [0.1, 0.15) is 18.1 Å². The van der Waals surface area contributed by atoms with Gasteiger partial charge in [-0.25, -0.2) is 9.78 Å². The molecule has 1 amide bonds. The third-order valence-electron chi connectivity index (χ3n) is 7.67. The molecule has 1 fully saturated rings. The number of hydrogen-bond acceptors (Lipinski definition) is 6. The summed E-state index contributed by atoms with van der Waals surface area (Å²) in [5.74, 6) is 0.763. The first-order valence-electron chi connectivity index (χ1n) is 13.3. The van der Waals surface area contributed by atoms with Crippen LogP contribution in [0.3, 0.4) is 0 Å². The fourth-order valence-corrected chi connectivity index (χ4v) is 5.50. The third-order valence-corrected chi connectivity index (χ3v) is 7.67. The van der Waals surface area contributed by atoms with E-state index in [1.807, 2.05) is 12.1 Å². The lowest BCUT2D eigenvalue weighted by Crippen LogP contribution is -2.48. The fourth-order valence-electron chi connectivity index (χ4n) is 5.50. The summed E-state index contributed by atoms with van der Waals surface area (Å²) in [6.45, 7) is 3.53. The summed E-state index contributed by atoms with van der Waals surface area (Å²) in [7, 11) is 1.55. The molecule has 1 N–H and O–H groups in total. The molecule has 5 heterocycles. The van der Waals surface area contributed by atoms with E-state index in [1.165, 1.54) is 28.2 Å². The predicted molar refractivity (Wildman–Crippen MR) is 149 cm³/mol. The van der Waals surface area contributed by atoms with Crippen LogP contribution in [-0.2, 0) is 24.4 Å². The summed E-state index contributed by atoms with van der Waals surface area (Å²) >= 11 is 0. The maximum Gasteiger partial charge on any atom is 0.418 e. The Labute approximate surface area is 233 Å². The van der Waals surface area contributed by atoms with Gasteiger partial charge in [-0.1, -0.05) is 0 Å².